The van der Waals surface area contributed by atoms with Gasteiger partial charge in [-0.25, -0.2) is 0 Å². The number of fused-ring (bicyclic) bond motifs is 6. The SMILES string of the molecule is Cc1cc(C)c2c3c(C)cc(C)cc3n(-c3ccccc3-c3ccccc3-n3c4cc(C)cc(C)c4c4c(C)cc(C)cc43)c2c1. The Balaban J connectivity index is 1.51. The van der Waals surface area contributed by atoms with Gasteiger partial charge in [0.2, 0.25) is 0 Å². The first-order chi connectivity index (χ1) is 22.1. The van der Waals surface area contributed by atoms with Crippen LogP contribution in [-0.4, -0.2) is 9.13 Å². The molecule has 6 aromatic carbocycles. The van der Waals surface area contributed by atoms with Gasteiger partial charge in [-0.05, 0) is 136 Å². The first kappa shape index (κ1) is 28.4. The van der Waals surface area contributed by atoms with E-state index in [-0.39, 0.29) is 0 Å². The predicted molar refractivity (Wildman–Crippen MR) is 198 cm³/mol. The number of para-hydroxylation sites is 2. The molecule has 0 spiro atoms. The van der Waals surface area contributed by atoms with Gasteiger partial charge in [0.1, 0.15) is 0 Å². The average Bonchev–Trinajstić information content (AvgIpc) is 3.50. The third-order valence-electron chi connectivity index (χ3n) is 9.88. The topological polar surface area (TPSA) is 9.86 Å². The maximum atomic E-state index is 2.52. The molecule has 0 radical (unpaired) electrons. The molecule has 2 heterocycles. The van der Waals surface area contributed by atoms with Crippen LogP contribution in [0.15, 0.2) is 97.1 Å². The molecule has 0 amide bonds. The molecule has 0 unspecified atom stereocenters. The molecule has 8 aromatic rings. The molecule has 2 nitrogen and oxygen atoms in total. The van der Waals surface area contributed by atoms with Crippen molar-refractivity contribution in [1.82, 2.24) is 9.13 Å². The summed E-state index contributed by atoms with van der Waals surface area (Å²) in [6.07, 6.45) is 0. The summed E-state index contributed by atoms with van der Waals surface area (Å²) in [5.41, 5.74) is 20.3. The zero-order chi connectivity index (χ0) is 32.0. The van der Waals surface area contributed by atoms with Crippen molar-refractivity contribution in [2.75, 3.05) is 0 Å². The van der Waals surface area contributed by atoms with Gasteiger partial charge in [0, 0.05) is 32.7 Å². The van der Waals surface area contributed by atoms with E-state index in [1.165, 1.54) is 111 Å². The van der Waals surface area contributed by atoms with Crippen LogP contribution in [0.25, 0.3) is 66.1 Å². The Morgan fingerprint density at radius 1 is 0.326 bits per heavy atom. The highest BCUT2D eigenvalue weighted by molar-refractivity contribution is 6.14. The van der Waals surface area contributed by atoms with Crippen molar-refractivity contribution >= 4 is 43.6 Å². The second-order valence-electron chi connectivity index (χ2n) is 13.6. The first-order valence-corrected chi connectivity index (χ1v) is 16.4. The van der Waals surface area contributed by atoms with Crippen LogP contribution < -0.4 is 0 Å². The Morgan fingerprint density at radius 2 is 0.587 bits per heavy atom. The lowest BCUT2D eigenvalue weighted by Gasteiger charge is -2.19. The molecule has 0 N–H and O–H groups in total. The standard InChI is InChI=1S/C44H40N2/c1-25-17-29(5)41-37(21-25)45(38-22-26(2)18-30(6)42(38)41)35-15-11-9-13-33(35)34-14-10-12-16-36(34)46-39-23-27(3)19-31(7)43(39)44-32(8)20-28(4)24-40(44)46/h9-24H,1-8H3. The minimum Gasteiger partial charge on any atom is -0.309 e. The fourth-order valence-electron chi connectivity index (χ4n) is 8.36. The van der Waals surface area contributed by atoms with Crippen molar-refractivity contribution in [2.45, 2.75) is 55.4 Å². The smallest absolute Gasteiger partial charge is 0.0546 e. The molecular weight excluding hydrogens is 556 g/mol. The van der Waals surface area contributed by atoms with Crippen molar-refractivity contribution in [3.63, 3.8) is 0 Å². The van der Waals surface area contributed by atoms with Crippen molar-refractivity contribution < 1.29 is 0 Å². The number of hydrogen-bond acceptors (Lipinski definition) is 0. The number of rotatable bonds is 3. The van der Waals surface area contributed by atoms with E-state index in [9.17, 15) is 0 Å². The Labute approximate surface area is 271 Å². The predicted octanol–water partition coefficient (Wildman–Crippen LogP) is 12.0. The highest BCUT2D eigenvalue weighted by Gasteiger charge is 2.22. The van der Waals surface area contributed by atoms with Gasteiger partial charge in [-0.2, -0.15) is 0 Å². The Hall–Kier alpha value is -5.08. The maximum Gasteiger partial charge on any atom is 0.0546 e. The Morgan fingerprint density at radius 3 is 0.870 bits per heavy atom. The molecule has 0 aliphatic heterocycles. The van der Waals surface area contributed by atoms with Crippen LogP contribution in [-0.2, 0) is 0 Å². The molecule has 0 saturated heterocycles. The van der Waals surface area contributed by atoms with Gasteiger partial charge >= 0.3 is 0 Å². The highest BCUT2D eigenvalue weighted by Crippen LogP contribution is 2.43. The molecule has 8 rings (SSSR count). The summed E-state index contributed by atoms with van der Waals surface area (Å²) >= 11 is 0. The van der Waals surface area contributed by atoms with Gasteiger partial charge in [0.25, 0.3) is 0 Å². The number of aryl methyl sites for hydroxylation is 8. The summed E-state index contributed by atoms with van der Waals surface area (Å²) < 4.78 is 5.04. The quantitative estimate of drug-likeness (QED) is 0.192. The van der Waals surface area contributed by atoms with E-state index in [1.54, 1.807) is 0 Å². The normalized spacial score (nSPS) is 11.9. The number of hydrogen-bond donors (Lipinski definition) is 0. The summed E-state index contributed by atoms with van der Waals surface area (Å²) in [6, 6.07) is 36.7. The third-order valence-corrected chi connectivity index (χ3v) is 9.88. The van der Waals surface area contributed by atoms with E-state index in [1.807, 2.05) is 0 Å². The number of aromatic nitrogens is 2. The molecule has 2 heteroatoms. The summed E-state index contributed by atoms with van der Waals surface area (Å²) in [4.78, 5) is 0. The minimum absolute atomic E-state index is 1.20. The molecule has 2 aromatic heterocycles. The van der Waals surface area contributed by atoms with Crippen LogP contribution in [0.3, 0.4) is 0 Å². The van der Waals surface area contributed by atoms with Gasteiger partial charge < -0.3 is 9.13 Å². The molecule has 46 heavy (non-hydrogen) atoms. The lowest BCUT2D eigenvalue weighted by Crippen LogP contribution is -2.02. The first-order valence-electron chi connectivity index (χ1n) is 16.4. The van der Waals surface area contributed by atoms with Crippen LogP contribution in [0.5, 0.6) is 0 Å². The summed E-state index contributed by atoms with van der Waals surface area (Å²) in [5.74, 6) is 0. The number of nitrogens with zero attached hydrogens (tertiary/aromatic N) is 2. The Kier molecular flexibility index (Phi) is 6.31. The van der Waals surface area contributed by atoms with Crippen LogP contribution in [0.2, 0.25) is 0 Å². The van der Waals surface area contributed by atoms with Crippen LogP contribution >= 0.6 is 0 Å². The van der Waals surface area contributed by atoms with E-state index in [2.05, 4.69) is 162 Å². The van der Waals surface area contributed by atoms with Crippen LogP contribution in [0.1, 0.15) is 44.5 Å². The van der Waals surface area contributed by atoms with E-state index >= 15 is 0 Å². The van der Waals surface area contributed by atoms with Gasteiger partial charge in [0.05, 0.1) is 33.4 Å². The molecular formula is C44H40N2. The average molecular weight is 597 g/mol. The highest BCUT2D eigenvalue weighted by atomic mass is 15.0. The van der Waals surface area contributed by atoms with E-state index in [4.69, 9.17) is 0 Å². The van der Waals surface area contributed by atoms with Crippen molar-refractivity contribution in [2.24, 2.45) is 0 Å². The lowest BCUT2D eigenvalue weighted by atomic mass is 10.0. The van der Waals surface area contributed by atoms with Gasteiger partial charge in [-0.3, -0.25) is 0 Å². The molecule has 0 bridgehead atoms. The minimum atomic E-state index is 1.20. The second-order valence-corrected chi connectivity index (χ2v) is 13.6. The maximum absolute atomic E-state index is 2.52. The monoisotopic (exact) mass is 596 g/mol. The van der Waals surface area contributed by atoms with Gasteiger partial charge in [0.15, 0.2) is 0 Å². The molecule has 0 aliphatic carbocycles. The Bertz CT molecular complexity index is 2240. The molecule has 0 saturated carbocycles. The zero-order valence-corrected chi connectivity index (χ0v) is 28.1. The fourth-order valence-corrected chi connectivity index (χ4v) is 8.36. The van der Waals surface area contributed by atoms with Crippen molar-refractivity contribution in [3.8, 4) is 22.5 Å². The lowest BCUT2D eigenvalue weighted by molar-refractivity contribution is 1.15. The largest absolute Gasteiger partial charge is 0.309 e. The number of benzene rings is 6. The summed E-state index contributed by atoms with van der Waals surface area (Å²) in [7, 11) is 0. The van der Waals surface area contributed by atoms with E-state index < -0.39 is 0 Å². The second kappa shape index (κ2) is 10.2. The third kappa shape index (κ3) is 4.09. The van der Waals surface area contributed by atoms with E-state index in [0.717, 1.165) is 0 Å². The molecule has 0 aliphatic rings. The van der Waals surface area contributed by atoms with Crippen LogP contribution in [0, 0.1) is 55.4 Å². The molecule has 0 atom stereocenters. The molecule has 0 fully saturated rings. The van der Waals surface area contributed by atoms with Gasteiger partial charge in [-0.1, -0.05) is 60.7 Å². The van der Waals surface area contributed by atoms with Gasteiger partial charge in [-0.15, -0.1) is 0 Å². The van der Waals surface area contributed by atoms with Crippen molar-refractivity contribution in [3.05, 3.63) is 142 Å². The van der Waals surface area contributed by atoms with Crippen molar-refractivity contribution in [1.29, 1.82) is 0 Å². The summed E-state index contributed by atoms with van der Waals surface area (Å²) in [6.45, 7) is 17.9. The fraction of sp³-hybridized carbons (Fsp3) is 0.182. The molecule has 226 valence electrons. The van der Waals surface area contributed by atoms with E-state index in [0.29, 0.717) is 0 Å². The summed E-state index contributed by atoms with van der Waals surface area (Å²) in [5, 5.41) is 5.39. The van der Waals surface area contributed by atoms with Crippen LogP contribution in [0.4, 0.5) is 0 Å². The zero-order valence-electron chi connectivity index (χ0n) is 28.1.